The summed E-state index contributed by atoms with van der Waals surface area (Å²) in [4.78, 5) is 0. The number of hydrogen-bond donors (Lipinski definition) is 1. The van der Waals surface area contributed by atoms with Crippen LogP contribution in [0.1, 0.15) is 33.6 Å². The van der Waals surface area contributed by atoms with E-state index in [0.717, 1.165) is 12.8 Å². The summed E-state index contributed by atoms with van der Waals surface area (Å²) < 4.78 is 5.27. The molecule has 2 nitrogen and oxygen atoms in total. The van der Waals surface area contributed by atoms with Gasteiger partial charge in [-0.3, -0.25) is 0 Å². The van der Waals surface area contributed by atoms with Gasteiger partial charge >= 0.3 is 0 Å². The maximum atomic E-state index is 5.56. The van der Waals surface area contributed by atoms with Crippen LogP contribution in [0.25, 0.3) is 0 Å². The van der Waals surface area contributed by atoms with Crippen LogP contribution in [0.4, 0.5) is 0 Å². The monoisotopic (exact) mass is 131 g/mol. The van der Waals surface area contributed by atoms with E-state index < -0.39 is 0 Å². The van der Waals surface area contributed by atoms with Crippen molar-refractivity contribution in [1.82, 2.24) is 0 Å². The molecule has 0 radical (unpaired) electrons. The molecule has 0 rings (SSSR count). The highest BCUT2D eigenvalue weighted by Gasteiger charge is 2.01. The molecule has 0 saturated heterocycles. The summed E-state index contributed by atoms with van der Waals surface area (Å²) in [5.74, 6) is 0. The highest BCUT2D eigenvalue weighted by Crippen LogP contribution is 1.98. The van der Waals surface area contributed by atoms with E-state index in [0.29, 0.717) is 0 Å². The molecule has 9 heavy (non-hydrogen) atoms. The molecule has 56 valence electrons. The van der Waals surface area contributed by atoms with Gasteiger partial charge in [-0.1, -0.05) is 13.3 Å². The van der Waals surface area contributed by atoms with Crippen LogP contribution < -0.4 is 5.73 Å². The Morgan fingerprint density at radius 3 is 2.33 bits per heavy atom. The minimum absolute atomic E-state index is 0.0602. The van der Waals surface area contributed by atoms with Crippen LogP contribution in [0.3, 0.4) is 0 Å². The van der Waals surface area contributed by atoms with Crippen LogP contribution >= 0.6 is 0 Å². The van der Waals surface area contributed by atoms with E-state index >= 15 is 0 Å². The standard InChI is InChI=1S/C7H17NO/c1-4-5-7(8)9-6(2)3/h6-7H,4-5,8H2,1-3H3. The third-order valence-corrected chi connectivity index (χ3v) is 1.02. The average molecular weight is 131 g/mol. The summed E-state index contributed by atoms with van der Waals surface area (Å²) in [6.45, 7) is 6.09. The first-order chi connectivity index (χ1) is 4.16. The Hall–Kier alpha value is -0.0800. The van der Waals surface area contributed by atoms with Crippen LogP contribution in [-0.2, 0) is 4.74 Å². The molecule has 0 bridgehead atoms. The maximum Gasteiger partial charge on any atom is 0.105 e. The predicted octanol–water partition coefficient (Wildman–Crippen LogP) is 1.50. The summed E-state index contributed by atoms with van der Waals surface area (Å²) in [6, 6.07) is 0. The van der Waals surface area contributed by atoms with Gasteiger partial charge in [0.2, 0.25) is 0 Å². The van der Waals surface area contributed by atoms with Crippen LogP contribution in [0.2, 0.25) is 0 Å². The zero-order valence-corrected chi connectivity index (χ0v) is 6.55. The van der Waals surface area contributed by atoms with Crippen molar-refractivity contribution in [2.24, 2.45) is 5.73 Å². The Kier molecular flexibility index (Phi) is 4.72. The van der Waals surface area contributed by atoms with E-state index in [1.165, 1.54) is 0 Å². The first kappa shape index (κ1) is 8.92. The Balaban J connectivity index is 3.15. The van der Waals surface area contributed by atoms with Crippen molar-refractivity contribution in [3.05, 3.63) is 0 Å². The zero-order valence-electron chi connectivity index (χ0n) is 6.55. The Morgan fingerprint density at radius 2 is 2.00 bits per heavy atom. The quantitative estimate of drug-likeness (QED) is 0.587. The molecular weight excluding hydrogens is 114 g/mol. The van der Waals surface area contributed by atoms with Gasteiger partial charge < -0.3 is 10.5 Å². The largest absolute Gasteiger partial charge is 0.361 e. The van der Waals surface area contributed by atoms with Gasteiger partial charge in [0.25, 0.3) is 0 Å². The molecule has 0 aromatic rings. The normalized spacial score (nSPS) is 14.3. The van der Waals surface area contributed by atoms with Crippen LogP contribution in [0, 0.1) is 0 Å². The van der Waals surface area contributed by atoms with E-state index in [4.69, 9.17) is 10.5 Å². The molecular formula is C7H17NO. The van der Waals surface area contributed by atoms with Gasteiger partial charge in [-0.25, -0.2) is 0 Å². The molecule has 0 saturated carbocycles. The lowest BCUT2D eigenvalue weighted by atomic mass is 10.3. The molecule has 0 aliphatic carbocycles. The second-order valence-electron chi connectivity index (χ2n) is 2.51. The van der Waals surface area contributed by atoms with E-state index in [1.54, 1.807) is 0 Å². The maximum absolute atomic E-state index is 5.56. The molecule has 1 unspecified atom stereocenters. The third kappa shape index (κ3) is 5.80. The highest BCUT2D eigenvalue weighted by molar-refractivity contribution is 4.47. The topological polar surface area (TPSA) is 35.2 Å². The van der Waals surface area contributed by atoms with Gasteiger partial charge in [-0.2, -0.15) is 0 Å². The molecule has 0 heterocycles. The smallest absolute Gasteiger partial charge is 0.105 e. The van der Waals surface area contributed by atoms with E-state index in [1.807, 2.05) is 13.8 Å². The number of ether oxygens (including phenoxy) is 1. The van der Waals surface area contributed by atoms with Gasteiger partial charge in [-0.05, 0) is 20.3 Å². The lowest BCUT2D eigenvalue weighted by Crippen LogP contribution is -2.26. The third-order valence-electron chi connectivity index (χ3n) is 1.02. The molecule has 0 aliphatic heterocycles. The van der Waals surface area contributed by atoms with Crippen LogP contribution in [0.15, 0.2) is 0 Å². The molecule has 1 atom stereocenters. The number of hydrogen-bond acceptors (Lipinski definition) is 2. The van der Waals surface area contributed by atoms with Gasteiger partial charge in [0, 0.05) is 0 Å². The molecule has 2 heteroatoms. The minimum atomic E-state index is -0.0602. The SMILES string of the molecule is CCCC(N)OC(C)C. The lowest BCUT2D eigenvalue weighted by molar-refractivity contribution is 0.00688. The van der Waals surface area contributed by atoms with Crippen LogP contribution in [0.5, 0.6) is 0 Å². The van der Waals surface area contributed by atoms with Crippen molar-refractivity contribution >= 4 is 0 Å². The summed E-state index contributed by atoms with van der Waals surface area (Å²) in [7, 11) is 0. The van der Waals surface area contributed by atoms with Gasteiger partial charge in [0.05, 0.1) is 6.10 Å². The summed E-state index contributed by atoms with van der Waals surface area (Å²) in [5, 5.41) is 0. The molecule has 0 spiro atoms. The van der Waals surface area contributed by atoms with Gasteiger partial charge in [0.15, 0.2) is 0 Å². The zero-order chi connectivity index (χ0) is 7.28. The summed E-state index contributed by atoms with van der Waals surface area (Å²) in [5.41, 5.74) is 5.56. The Bertz CT molecular complexity index is 63.9. The predicted molar refractivity (Wildman–Crippen MR) is 39.1 cm³/mol. The Labute approximate surface area is 57.4 Å². The average Bonchev–Trinajstić information content (AvgIpc) is 1.63. The first-order valence-corrected chi connectivity index (χ1v) is 3.57. The van der Waals surface area contributed by atoms with Crippen molar-refractivity contribution in [2.75, 3.05) is 0 Å². The van der Waals surface area contributed by atoms with Crippen molar-refractivity contribution in [3.8, 4) is 0 Å². The molecule has 0 aliphatic rings. The van der Waals surface area contributed by atoms with Crippen molar-refractivity contribution in [2.45, 2.75) is 45.9 Å². The fourth-order valence-electron chi connectivity index (χ4n) is 0.702. The summed E-state index contributed by atoms with van der Waals surface area (Å²) in [6.07, 6.45) is 2.24. The summed E-state index contributed by atoms with van der Waals surface area (Å²) >= 11 is 0. The molecule has 0 aromatic heterocycles. The van der Waals surface area contributed by atoms with E-state index in [-0.39, 0.29) is 12.3 Å². The fourth-order valence-corrected chi connectivity index (χ4v) is 0.702. The highest BCUT2D eigenvalue weighted by atomic mass is 16.5. The second kappa shape index (κ2) is 4.77. The van der Waals surface area contributed by atoms with E-state index in [9.17, 15) is 0 Å². The van der Waals surface area contributed by atoms with Crippen molar-refractivity contribution in [3.63, 3.8) is 0 Å². The fraction of sp³-hybridized carbons (Fsp3) is 1.00. The van der Waals surface area contributed by atoms with Gasteiger partial charge in [-0.15, -0.1) is 0 Å². The minimum Gasteiger partial charge on any atom is -0.361 e. The number of rotatable bonds is 4. The molecule has 2 N–H and O–H groups in total. The van der Waals surface area contributed by atoms with Crippen LogP contribution in [-0.4, -0.2) is 12.3 Å². The lowest BCUT2D eigenvalue weighted by Gasteiger charge is -2.14. The van der Waals surface area contributed by atoms with Crippen molar-refractivity contribution in [1.29, 1.82) is 0 Å². The molecule has 0 fully saturated rings. The molecule has 0 amide bonds. The molecule has 0 aromatic carbocycles. The van der Waals surface area contributed by atoms with Gasteiger partial charge in [0.1, 0.15) is 6.23 Å². The van der Waals surface area contributed by atoms with Crippen molar-refractivity contribution < 1.29 is 4.74 Å². The first-order valence-electron chi connectivity index (χ1n) is 3.57. The Morgan fingerprint density at radius 1 is 1.44 bits per heavy atom. The number of nitrogens with two attached hydrogens (primary N) is 1. The van der Waals surface area contributed by atoms with E-state index in [2.05, 4.69) is 6.92 Å². The second-order valence-corrected chi connectivity index (χ2v) is 2.51.